The zero-order valence-electron chi connectivity index (χ0n) is 13.1. The molecule has 23 heavy (non-hydrogen) atoms. The summed E-state index contributed by atoms with van der Waals surface area (Å²) in [5.41, 5.74) is 0.538. The largest absolute Gasteiger partial charge is 0.465 e. The molecule has 1 saturated heterocycles. The fraction of sp³-hybridized carbons (Fsp3) is 0.467. The lowest BCUT2D eigenvalue weighted by atomic mass is 10.1. The summed E-state index contributed by atoms with van der Waals surface area (Å²) in [5.74, 6) is -1.04. The van der Waals surface area contributed by atoms with Crippen LogP contribution >= 0.6 is 0 Å². The molecule has 1 aromatic rings. The Morgan fingerprint density at radius 1 is 1.35 bits per heavy atom. The van der Waals surface area contributed by atoms with Crippen molar-refractivity contribution < 1.29 is 22.7 Å². The summed E-state index contributed by atoms with van der Waals surface area (Å²) in [5, 5.41) is 2.65. The van der Waals surface area contributed by atoms with Gasteiger partial charge in [-0.1, -0.05) is 12.1 Å². The predicted molar refractivity (Wildman–Crippen MR) is 85.6 cm³/mol. The van der Waals surface area contributed by atoms with Gasteiger partial charge in [0.05, 0.1) is 24.1 Å². The van der Waals surface area contributed by atoms with Gasteiger partial charge >= 0.3 is 5.97 Å². The first kappa shape index (κ1) is 17.4. The SMILES string of the molecule is CCS(=O)(=O)N1CCCC1C(=O)Nc1ccccc1C(=O)OC. The Morgan fingerprint density at radius 3 is 2.70 bits per heavy atom. The van der Waals surface area contributed by atoms with Crippen molar-refractivity contribution in [2.24, 2.45) is 0 Å². The molecule has 1 N–H and O–H groups in total. The van der Waals surface area contributed by atoms with E-state index in [1.807, 2.05) is 0 Å². The number of ether oxygens (including phenoxy) is 1. The summed E-state index contributed by atoms with van der Waals surface area (Å²) >= 11 is 0. The summed E-state index contributed by atoms with van der Waals surface area (Å²) in [4.78, 5) is 24.2. The minimum Gasteiger partial charge on any atom is -0.465 e. The second kappa shape index (κ2) is 7.10. The number of nitrogens with one attached hydrogen (secondary N) is 1. The minimum absolute atomic E-state index is 0.0461. The van der Waals surface area contributed by atoms with Crippen molar-refractivity contribution in [3.8, 4) is 0 Å². The van der Waals surface area contributed by atoms with Crippen LogP contribution in [-0.2, 0) is 19.6 Å². The Labute approximate surface area is 135 Å². The molecule has 2 rings (SSSR count). The zero-order chi connectivity index (χ0) is 17.0. The van der Waals surface area contributed by atoms with E-state index in [1.54, 1.807) is 25.1 Å². The number of nitrogens with zero attached hydrogens (tertiary/aromatic N) is 1. The molecule has 0 radical (unpaired) electrons. The summed E-state index contributed by atoms with van der Waals surface area (Å²) in [6.07, 6.45) is 1.10. The Kier molecular flexibility index (Phi) is 5.38. The van der Waals surface area contributed by atoms with Crippen LogP contribution in [0.15, 0.2) is 24.3 Å². The van der Waals surface area contributed by atoms with Crippen LogP contribution in [-0.4, -0.2) is 50.0 Å². The van der Waals surface area contributed by atoms with Crippen LogP contribution in [0.4, 0.5) is 5.69 Å². The molecule has 0 spiro atoms. The maximum atomic E-state index is 12.5. The number of esters is 1. The second-order valence-corrected chi connectivity index (χ2v) is 7.41. The van der Waals surface area contributed by atoms with Crippen LogP contribution < -0.4 is 5.32 Å². The zero-order valence-corrected chi connectivity index (χ0v) is 13.9. The molecular weight excluding hydrogens is 320 g/mol. The molecule has 1 amide bonds. The van der Waals surface area contributed by atoms with Crippen molar-refractivity contribution in [2.75, 3.05) is 24.7 Å². The Bertz CT molecular complexity index is 702. The summed E-state index contributed by atoms with van der Waals surface area (Å²) < 4.78 is 30.0. The molecule has 0 saturated carbocycles. The standard InChI is InChI=1S/C15H20N2O5S/c1-3-23(20,21)17-10-6-9-13(17)14(18)16-12-8-5-4-7-11(12)15(19)22-2/h4-5,7-8,13H,3,6,9-10H2,1-2H3,(H,16,18). The van der Waals surface area contributed by atoms with Gasteiger partial charge in [-0.05, 0) is 31.9 Å². The molecule has 126 valence electrons. The number of anilines is 1. The molecule has 7 nitrogen and oxygen atoms in total. The first-order valence-electron chi connectivity index (χ1n) is 7.38. The molecular formula is C15H20N2O5S. The first-order chi connectivity index (χ1) is 10.9. The molecule has 1 heterocycles. The van der Waals surface area contributed by atoms with E-state index in [9.17, 15) is 18.0 Å². The van der Waals surface area contributed by atoms with E-state index in [1.165, 1.54) is 17.5 Å². The van der Waals surface area contributed by atoms with Crippen molar-refractivity contribution in [1.29, 1.82) is 0 Å². The van der Waals surface area contributed by atoms with Gasteiger partial charge in [0.25, 0.3) is 0 Å². The highest BCUT2D eigenvalue weighted by Crippen LogP contribution is 2.24. The number of amides is 1. The van der Waals surface area contributed by atoms with E-state index < -0.39 is 27.9 Å². The fourth-order valence-corrected chi connectivity index (χ4v) is 3.92. The third-order valence-electron chi connectivity index (χ3n) is 3.82. The molecule has 1 atom stereocenters. The molecule has 0 aliphatic carbocycles. The van der Waals surface area contributed by atoms with E-state index in [4.69, 9.17) is 0 Å². The lowest BCUT2D eigenvalue weighted by Gasteiger charge is -2.23. The maximum Gasteiger partial charge on any atom is 0.339 e. The van der Waals surface area contributed by atoms with Crippen LogP contribution in [0.1, 0.15) is 30.1 Å². The van der Waals surface area contributed by atoms with Gasteiger partial charge in [-0.3, -0.25) is 4.79 Å². The molecule has 1 aliphatic rings. The van der Waals surface area contributed by atoms with E-state index >= 15 is 0 Å². The lowest BCUT2D eigenvalue weighted by Crippen LogP contribution is -2.43. The summed E-state index contributed by atoms with van der Waals surface area (Å²) in [6, 6.07) is 5.71. The number of hydrogen-bond acceptors (Lipinski definition) is 5. The number of benzene rings is 1. The van der Waals surface area contributed by atoms with Crippen molar-refractivity contribution >= 4 is 27.6 Å². The van der Waals surface area contributed by atoms with Gasteiger partial charge in [-0.2, -0.15) is 4.31 Å². The van der Waals surface area contributed by atoms with Crippen LogP contribution in [0.5, 0.6) is 0 Å². The maximum absolute atomic E-state index is 12.5. The second-order valence-electron chi connectivity index (χ2n) is 5.20. The van der Waals surface area contributed by atoms with Gasteiger partial charge in [0.2, 0.25) is 15.9 Å². The number of methoxy groups -OCH3 is 1. The average Bonchev–Trinajstić information content (AvgIpc) is 3.05. The Hall–Kier alpha value is -1.93. The van der Waals surface area contributed by atoms with Crippen LogP contribution in [0.25, 0.3) is 0 Å². The Balaban J connectivity index is 2.21. The van der Waals surface area contributed by atoms with Gasteiger partial charge in [-0.15, -0.1) is 0 Å². The van der Waals surface area contributed by atoms with Gasteiger partial charge < -0.3 is 10.1 Å². The van der Waals surface area contributed by atoms with Crippen molar-refractivity contribution in [3.63, 3.8) is 0 Å². The summed E-state index contributed by atoms with van der Waals surface area (Å²) in [6.45, 7) is 1.89. The van der Waals surface area contributed by atoms with Gasteiger partial charge in [0.1, 0.15) is 6.04 Å². The number of rotatable bonds is 5. The highest BCUT2D eigenvalue weighted by atomic mass is 32.2. The molecule has 1 unspecified atom stereocenters. The van der Waals surface area contributed by atoms with Crippen molar-refractivity contribution in [2.45, 2.75) is 25.8 Å². The number of carbonyl (C=O) groups excluding carboxylic acids is 2. The van der Waals surface area contributed by atoms with E-state index in [0.717, 1.165) is 0 Å². The van der Waals surface area contributed by atoms with Gasteiger partial charge in [0.15, 0.2) is 0 Å². The molecule has 1 fully saturated rings. The number of carbonyl (C=O) groups is 2. The summed E-state index contributed by atoms with van der Waals surface area (Å²) in [7, 11) is -2.18. The topological polar surface area (TPSA) is 92.8 Å². The first-order valence-corrected chi connectivity index (χ1v) is 8.99. The smallest absolute Gasteiger partial charge is 0.339 e. The van der Waals surface area contributed by atoms with E-state index in [-0.39, 0.29) is 11.3 Å². The van der Waals surface area contributed by atoms with Gasteiger partial charge in [0, 0.05) is 6.54 Å². The third kappa shape index (κ3) is 3.70. The molecule has 0 aromatic heterocycles. The highest BCUT2D eigenvalue weighted by molar-refractivity contribution is 7.89. The normalized spacial score (nSPS) is 18.6. The van der Waals surface area contributed by atoms with Crippen LogP contribution in [0.2, 0.25) is 0 Å². The molecule has 1 aromatic carbocycles. The van der Waals surface area contributed by atoms with Crippen molar-refractivity contribution in [1.82, 2.24) is 4.31 Å². The molecule has 0 bridgehead atoms. The number of para-hydroxylation sites is 1. The predicted octanol–water partition coefficient (Wildman–Crippen LogP) is 1.23. The molecule has 8 heteroatoms. The van der Waals surface area contributed by atoms with Crippen molar-refractivity contribution in [3.05, 3.63) is 29.8 Å². The van der Waals surface area contributed by atoms with Crippen LogP contribution in [0.3, 0.4) is 0 Å². The Morgan fingerprint density at radius 2 is 2.04 bits per heavy atom. The van der Waals surface area contributed by atoms with E-state index in [2.05, 4.69) is 10.1 Å². The van der Waals surface area contributed by atoms with Gasteiger partial charge in [-0.25, -0.2) is 13.2 Å². The number of sulfonamides is 1. The monoisotopic (exact) mass is 340 g/mol. The van der Waals surface area contributed by atoms with E-state index in [0.29, 0.717) is 25.1 Å². The highest BCUT2D eigenvalue weighted by Gasteiger charge is 2.37. The fourth-order valence-electron chi connectivity index (χ4n) is 2.60. The minimum atomic E-state index is -3.43. The van der Waals surface area contributed by atoms with Crippen LogP contribution in [0, 0.1) is 0 Å². The number of hydrogen-bond donors (Lipinski definition) is 1. The average molecular weight is 340 g/mol. The quantitative estimate of drug-likeness (QED) is 0.814. The lowest BCUT2D eigenvalue weighted by molar-refractivity contribution is -0.119. The molecule has 1 aliphatic heterocycles. The third-order valence-corrected chi connectivity index (χ3v) is 5.70.